The van der Waals surface area contributed by atoms with E-state index in [-0.39, 0.29) is 0 Å². The summed E-state index contributed by atoms with van der Waals surface area (Å²) in [6.45, 7) is 1.79. The molecular weight excluding hydrogens is 332 g/mol. The first-order valence-electron chi connectivity index (χ1n) is 7.86. The Morgan fingerprint density at radius 1 is 1.12 bits per heavy atom. The molecule has 0 saturated carbocycles. The maximum absolute atomic E-state index is 5.90. The van der Waals surface area contributed by atoms with Gasteiger partial charge in [0.1, 0.15) is 17.3 Å². The number of nitrogens with zero attached hydrogens (tertiary/aromatic N) is 6. The zero-order valence-corrected chi connectivity index (χ0v) is 14.2. The van der Waals surface area contributed by atoms with Gasteiger partial charge >= 0.3 is 0 Å². The molecule has 9 heteroatoms. The van der Waals surface area contributed by atoms with E-state index >= 15 is 0 Å². The molecule has 0 unspecified atom stereocenters. The number of rotatable bonds is 4. The first-order valence-corrected chi connectivity index (χ1v) is 7.86. The van der Waals surface area contributed by atoms with Crippen LogP contribution in [0.5, 0.6) is 5.88 Å². The van der Waals surface area contributed by atoms with Crippen LogP contribution in [-0.4, -0.2) is 36.7 Å². The lowest BCUT2D eigenvalue weighted by Gasteiger charge is -2.08. The summed E-state index contributed by atoms with van der Waals surface area (Å²) in [7, 11) is 1.57. The van der Waals surface area contributed by atoms with Crippen molar-refractivity contribution in [3.05, 3.63) is 48.5 Å². The molecule has 4 rings (SSSR count). The highest BCUT2D eigenvalue weighted by atomic mass is 16.5. The Hall–Kier alpha value is -3.75. The van der Waals surface area contributed by atoms with Gasteiger partial charge in [-0.2, -0.15) is 5.10 Å². The molecule has 0 radical (unpaired) electrons. The summed E-state index contributed by atoms with van der Waals surface area (Å²) < 4.78 is 6.88. The van der Waals surface area contributed by atoms with E-state index in [0.29, 0.717) is 40.4 Å². The molecule has 0 saturated heterocycles. The van der Waals surface area contributed by atoms with Gasteiger partial charge in [-0.1, -0.05) is 0 Å². The molecule has 0 aliphatic heterocycles. The van der Waals surface area contributed by atoms with Crippen LogP contribution in [0.1, 0.15) is 5.82 Å². The number of aromatic nitrogens is 6. The second-order valence-electron chi connectivity index (χ2n) is 5.54. The Balaban J connectivity index is 1.88. The van der Waals surface area contributed by atoms with Gasteiger partial charge in [0.2, 0.25) is 5.88 Å². The van der Waals surface area contributed by atoms with Gasteiger partial charge in [0.15, 0.2) is 11.5 Å². The third kappa shape index (κ3) is 2.86. The van der Waals surface area contributed by atoms with Crippen molar-refractivity contribution in [1.29, 1.82) is 0 Å². The topological polar surface area (TPSA) is 116 Å². The van der Waals surface area contributed by atoms with E-state index in [0.717, 1.165) is 5.69 Å². The number of imidazole rings is 1. The average Bonchev–Trinajstić information content (AvgIpc) is 2.98. The zero-order chi connectivity index (χ0) is 18.1. The highest BCUT2D eigenvalue weighted by Crippen LogP contribution is 2.30. The number of pyridine rings is 1. The number of anilines is 3. The molecule has 0 aromatic carbocycles. The number of ether oxygens (including phenoxy) is 1. The standard InChI is InChI=1S/C17H16N8O/c1-10-21-12(9-13(18)22-10)16-17(24-14-4-3-6-20-25(14)16)23-11-5-7-19-15(8-11)26-2/h3-9H,1-2H3,(H,19,23)(H2,18,21,22). The Morgan fingerprint density at radius 3 is 2.81 bits per heavy atom. The minimum Gasteiger partial charge on any atom is -0.481 e. The van der Waals surface area contributed by atoms with E-state index in [1.54, 1.807) is 43.1 Å². The maximum Gasteiger partial charge on any atom is 0.214 e. The van der Waals surface area contributed by atoms with Crippen LogP contribution in [0, 0.1) is 6.92 Å². The van der Waals surface area contributed by atoms with Crippen LogP contribution >= 0.6 is 0 Å². The van der Waals surface area contributed by atoms with Crippen molar-refractivity contribution in [2.45, 2.75) is 6.92 Å². The average molecular weight is 348 g/mol. The van der Waals surface area contributed by atoms with Crippen molar-refractivity contribution in [1.82, 2.24) is 29.5 Å². The van der Waals surface area contributed by atoms with E-state index in [1.807, 2.05) is 18.2 Å². The highest BCUT2D eigenvalue weighted by molar-refractivity contribution is 5.78. The van der Waals surface area contributed by atoms with Crippen molar-refractivity contribution >= 4 is 23.0 Å². The summed E-state index contributed by atoms with van der Waals surface area (Å²) in [6.07, 6.45) is 3.34. The van der Waals surface area contributed by atoms with E-state index in [2.05, 4.69) is 30.4 Å². The second-order valence-corrected chi connectivity index (χ2v) is 5.54. The second kappa shape index (κ2) is 6.28. The lowest BCUT2D eigenvalue weighted by molar-refractivity contribution is 0.398. The molecule has 0 aliphatic carbocycles. The molecule has 130 valence electrons. The highest BCUT2D eigenvalue weighted by Gasteiger charge is 2.18. The molecule has 4 heterocycles. The summed E-state index contributed by atoms with van der Waals surface area (Å²) in [5, 5.41) is 7.67. The first-order chi connectivity index (χ1) is 12.6. The molecule has 0 amide bonds. The molecule has 26 heavy (non-hydrogen) atoms. The number of hydrogen-bond donors (Lipinski definition) is 2. The largest absolute Gasteiger partial charge is 0.481 e. The molecule has 0 atom stereocenters. The van der Waals surface area contributed by atoms with Crippen molar-refractivity contribution in [3.8, 4) is 17.3 Å². The Bertz CT molecular complexity index is 1070. The van der Waals surface area contributed by atoms with E-state index in [1.165, 1.54) is 0 Å². The van der Waals surface area contributed by atoms with Crippen LogP contribution in [0.2, 0.25) is 0 Å². The molecule has 4 aromatic rings. The third-order valence-electron chi connectivity index (χ3n) is 3.70. The van der Waals surface area contributed by atoms with Gasteiger partial charge in [-0.05, 0) is 25.1 Å². The molecule has 4 aromatic heterocycles. The van der Waals surface area contributed by atoms with Crippen LogP contribution in [0.3, 0.4) is 0 Å². The fourth-order valence-electron chi connectivity index (χ4n) is 2.65. The van der Waals surface area contributed by atoms with Crippen molar-refractivity contribution in [2.24, 2.45) is 0 Å². The van der Waals surface area contributed by atoms with Crippen LogP contribution in [0.25, 0.3) is 17.0 Å². The van der Waals surface area contributed by atoms with Gasteiger partial charge in [0.25, 0.3) is 0 Å². The number of aryl methyl sites for hydroxylation is 1. The number of fused-ring (bicyclic) bond motifs is 1. The summed E-state index contributed by atoms with van der Waals surface area (Å²) >= 11 is 0. The van der Waals surface area contributed by atoms with Crippen molar-refractivity contribution < 1.29 is 4.74 Å². The van der Waals surface area contributed by atoms with Gasteiger partial charge in [0, 0.05) is 30.2 Å². The van der Waals surface area contributed by atoms with E-state index in [4.69, 9.17) is 10.5 Å². The fraction of sp³-hybridized carbons (Fsp3) is 0.118. The summed E-state index contributed by atoms with van der Waals surface area (Å²) in [5.74, 6) is 2.05. The summed E-state index contributed by atoms with van der Waals surface area (Å²) in [6, 6.07) is 8.99. The predicted molar refractivity (Wildman–Crippen MR) is 97.2 cm³/mol. The Labute approximate surface area is 148 Å². The number of methoxy groups -OCH3 is 1. The monoisotopic (exact) mass is 348 g/mol. The maximum atomic E-state index is 5.90. The lowest BCUT2D eigenvalue weighted by Crippen LogP contribution is -2.02. The lowest BCUT2D eigenvalue weighted by atomic mass is 10.2. The predicted octanol–water partition coefficient (Wildman–Crippen LogP) is 2.22. The van der Waals surface area contributed by atoms with Gasteiger partial charge < -0.3 is 15.8 Å². The number of hydrogen-bond acceptors (Lipinski definition) is 8. The minimum atomic E-state index is 0.384. The number of nitrogens with one attached hydrogen (secondary N) is 1. The third-order valence-corrected chi connectivity index (χ3v) is 3.70. The Morgan fingerprint density at radius 2 is 2.00 bits per heavy atom. The molecule has 0 spiro atoms. The Kier molecular flexibility index (Phi) is 3.81. The molecule has 0 aliphatic rings. The van der Waals surface area contributed by atoms with Gasteiger partial charge in [-0.3, -0.25) is 0 Å². The van der Waals surface area contributed by atoms with Crippen LogP contribution in [0.4, 0.5) is 17.3 Å². The summed E-state index contributed by atoms with van der Waals surface area (Å²) in [4.78, 5) is 17.4. The molecular formula is C17H16N8O. The van der Waals surface area contributed by atoms with E-state index < -0.39 is 0 Å². The molecule has 0 fully saturated rings. The molecule has 9 nitrogen and oxygen atoms in total. The molecule has 0 bridgehead atoms. The number of nitrogen functional groups attached to an aromatic ring is 1. The van der Waals surface area contributed by atoms with Crippen LogP contribution < -0.4 is 15.8 Å². The van der Waals surface area contributed by atoms with Gasteiger partial charge in [-0.25, -0.2) is 24.5 Å². The first kappa shape index (κ1) is 15.8. The van der Waals surface area contributed by atoms with E-state index in [9.17, 15) is 0 Å². The summed E-state index contributed by atoms with van der Waals surface area (Å²) in [5.41, 5.74) is 8.68. The zero-order valence-electron chi connectivity index (χ0n) is 14.2. The minimum absolute atomic E-state index is 0.384. The van der Waals surface area contributed by atoms with Crippen LogP contribution in [-0.2, 0) is 0 Å². The normalized spacial score (nSPS) is 10.8. The SMILES string of the molecule is COc1cc(Nc2nc3cccnn3c2-c2cc(N)nc(C)n2)ccn1. The van der Waals surface area contributed by atoms with Crippen molar-refractivity contribution in [3.63, 3.8) is 0 Å². The van der Waals surface area contributed by atoms with Gasteiger partial charge in [-0.15, -0.1) is 0 Å². The van der Waals surface area contributed by atoms with Crippen molar-refractivity contribution in [2.75, 3.05) is 18.2 Å². The van der Waals surface area contributed by atoms with Gasteiger partial charge in [0.05, 0.1) is 12.8 Å². The smallest absolute Gasteiger partial charge is 0.214 e. The van der Waals surface area contributed by atoms with Crippen LogP contribution in [0.15, 0.2) is 42.7 Å². The molecule has 3 N–H and O–H groups in total. The number of nitrogens with two attached hydrogens (primary N) is 1. The fourth-order valence-corrected chi connectivity index (χ4v) is 2.65. The quantitative estimate of drug-likeness (QED) is 0.577.